The molecule has 0 saturated carbocycles. The third-order valence-corrected chi connectivity index (χ3v) is 5.22. The molecule has 1 unspecified atom stereocenters. The van der Waals surface area contributed by atoms with Crippen LogP contribution in [0, 0.1) is 0 Å². The molecule has 1 aromatic carbocycles. The summed E-state index contributed by atoms with van der Waals surface area (Å²) in [5.74, 6) is -1.71. The number of hydrogen-bond acceptors (Lipinski definition) is 6. The number of methoxy groups -OCH3 is 2. The fraction of sp³-hybridized carbons (Fsp3) is 0.429. The maximum atomic E-state index is 12.0. The molecule has 0 aliphatic rings. The van der Waals surface area contributed by atoms with Crippen LogP contribution in [0.4, 0.5) is 5.69 Å². The van der Waals surface area contributed by atoms with Crippen LogP contribution in [0.3, 0.4) is 0 Å². The van der Waals surface area contributed by atoms with Gasteiger partial charge in [0.05, 0.1) is 14.2 Å². The van der Waals surface area contributed by atoms with E-state index in [2.05, 4.69) is 5.32 Å². The van der Waals surface area contributed by atoms with Crippen LogP contribution in [0.5, 0.6) is 11.5 Å². The Bertz CT molecular complexity index is 687. The largest absolute Gasteiger partial charge is 0.493 e. The summed E-state index contributed by atoms with van der Waals surface area (Å²) in [6.07, 6.45) is 0.0152. The van der Waals surface area contributed by atoms with Crippen LogP contribution in [0.2, 0.25) is 0 Å². The van der Waals surface area contributed by atoms with Crippen LogP contribution >= 0.6 is 0 Å². The molecule has 1 rings (SSSR count). The molecular weight excluding hydrogens is 324 g/mol. The summed E-state index contributed by atoms with van der Waals surface area (Å²) >= 11 is 0. The lowest BCUT2D eigenvalue weighted by atomic mass is 10.2. The molecule has 0 saturated heterocycles. The summed E-state index contributed by atoms with van der Waals surface area (Å²) in [6.45, 7) is 1.51. The Balaban J connectivity index is 2.86. The monoisotopic (exact) mass is 344 g/mol. The second-order valence-electron chi connectivity index (χ2n) is 4.72. The number of benzene rings is 1. The molecule has 0 aliphatic heterocycles. The van der Waals surface area contributed by atoms with Gasteiger partial charge in [-0.05, 0) is 18.6 Å². The molecule has 0 aliphatic carbocycles. The summed E-state index contributed by atoms with van der Waals surface area (Å²) in [7, 11) is -1.06. The summed E-state index contributed by atoms with van der Waals surface area (Å²) in [4.78, 5) is 23.1. The summed E-state index contributed by atoms with van der Waals surface area (Å²) in [5, 5.41) is 1.06. The number of sulfone groups is 1. The molecule has 1 aromatic rings. The minimum absolute atomic E-state index is 0.0152. The quantitative estimate of drug-likeness (QED) is 0.700. The van der Waals surface area contributed by atoms with Crippen LogP contribution in [0.25, 0.3) is 0 Å². The highest BCUT2D eigenvalue weighted by Crippen LogP contribution is 2.29. The molecular formula is C14H20N2O6S. The zero-order valence-corrected chi connectivity index (χ0v) is 14.0. The summed E-state index contributed by atoms with van der Waals surface area (Å²) in [6, 6.07) is 4.60. The normalized spacial score (nSPS) is 12.3. The number of amides is 2. The minimum atomic E-state index is -3.96. The topological polar surface area (TPSA) is 125 Å². The fourth-order valence-corrected chi connectivity index (χ4v) is 3.53. The van der Waals surface area contributed by atoms with E-state index < -0.39 is 32.7 Å². The fourth-order valence-electron chi connectivity index (χ4n) is 2.03. The number of ether oxygens (including phenoxy) is 2. The van der Waals surface area contributed by atoms with Crippen LogP contribution in [0.1, 0.15) is 13.3 Å². The molecule has 23 heavy (non-hydrogen) atoms. The van der Waals surface area contributed by atoms with Crippen molar-refractivity contribution in [3.63, 3.8) is 0 Å². The van der Waals surface area contributed by atoms with Crippen LogP contribution in [0.15, 0.2) is 18.2 Å². The van der Waals surface area contributed by atoms with Gasteiger partial charge in [-0.25, -0.2) is 8.42 Å². The Morgan fingerprint density at radius 3 is 2.30 bits per heavy atom. The number of carbonyl (C=O) groups is 2. The maximum Gasteiger partial charge on any atom is 0.239 e. The Hall–Kier alpha value is -2.29. The Morgan fingerprint density at radius 1 is 1.22 bits per heavy atom. The number of hydrogen-bond donors (Lipinski definition) is 2. The van der Waals surface area contributed by atoms with E-state index in [-0.39, 0.29) is 6.42 Å². The molecule has 1 atom stereocenters. The average Bonchev–Trinajstić information content (AvgIpc) is 2.46. The number of rotatable bonds is 8. The molecule has 128 valence electrons. The molecule has 0 radical (unpaired) electrons. The molecule has 8 nitrogen and oxygen atoms in total. The second-order valence-corrected chi connectivity index (χ2v) is 6.91. The van der Waals surface area contributed by atoms with E-state index in [9.17, 15) is 18.0 Å². The molecule has 0 bridgehead atoms. The lowest BCUT2D eigenvalue weighted by Gasteiger charge is -2.13. The predicted octanol–water partition coefficient (Wildman–Crippen LogP) is 0.321. The van der Waals surface area contributed by atoms with Crippen molar-refractivity contribution < 1.29 is 27.5 Å². The first-order valence-electron chi connectivity index (χ1n) is 6.77. The lowest BCUT2D eigenvalue weighted by Crippen LogP contribution is -2.39. The lowest BCUT2D eigenvalue weighted by molar-refractivity contribution is -0.117. The zero-order valence-electron chi connectivity index (χ0n) is 13.2. The van der Waals surface area contributed by atoms with Gasteiger partial charge in [0.15, 0.2) is 21.3 Å². The smallest absolute Gasteiger partial charge is 0.239 e. The second kappa shape index (κ2) is 7.82. The van der Waals surface area contributed by atoms with Crippen molar-refractivity contribution in [2.45, 2.75) is 18.6 Å². The highest BCUT2D eigenvalue weighted by atomic mass is 32.2. The van der Waals surface area contributed by atoms with Crippen molar-refractivity contribution in [2.24, 2.45) is 5.73 Å². The average molecular weight is 344 g/mol. The van der Waals surface area contributed by atoms with Crippen molar-refractivity contribution in [1.82, 2.24) is 0 Å². The number of nitrogens with two attached hydrogens (primary N) is 1. The molecule has 0 heterocycles. The highest BCUT2D eigenvalue weighted by molar-refractivity contribution is 7.93. The van der Waals surface area contributed by atoms with Crippen molar-refractivity contribution in [2.75, 3.05) is 25.3 Å². The van der Waals surface area contributed by atoms with Gasteiger partial charge in [-0.1, -0.05) is 6.92 Å². The highest BCUT2D eigenvalue weighted by Gasteiger charge is 2.31. The molecule has 0 spiro atoms. The van der Waals surface area contributed by atoms with Gasteiger partial charge < -0.3 is 20.5 Å². The van der Waals surface area contributed by atoms with Crippen molar-refractivity contribution in [3.8, 4) is 11.5 Å². The van der Waals surface area contributed by atoms with Gasteiger partial charge in [0.2, 0.25) is 11.8 Å². The van der Waals surface area contributed by atoms with Gasteiger partial charge in [-0.2, -0.15) is 0 Å². The van der Waals surface area contributed by atoms with E-state index in [0.717, 1.165) is 0 Å². The molecule has 0 aromatic heterocycles. The van der Waals surface area contributed by atoms with Gasteiger partial charge in [-0.3, -0.25) is 9.59 Å². The first kappa shape index (κ1) is 18.8. The van der Waals surface area contributed by atoms with Crippen molar-refractivity contribution >= 4 is 27.3 Å². The number of nitrogens with one attached hydrogen (secondary N) is 1. The maximum absolute atomic E-state index is 12.0. The SMILES string of the molecule is CCC(C(N)=O)S(=O)(=O)CC(=O)Nc1ccc(OC)c(OC)c1. The number of anilines is 1. The van der Waals surface area contributed by atoms with E-state index in [4.69, 9.17) is 15.2 Å². The van der Waals surface area contributed by atoms with E-state index in [0.29, 0.717) is 17.2 Å². The third-order valence-electron chi connectivity index (χ3n) is 3.12. The number of carbonyl (C=O) groups excluding carboxylic acids is 2. The predicted molar refractivity (Wildman–Crippen MR) is 85.2 cm³/mol. The van der Waals surface area contributed by atoms with Gasteiger partial charge in [-0.15, -0.1) is 0 Å². The van der Waals surface area contributed by atoms with Gasteiger partial charge in [0.1, 0.15) is 11.0 Å². The minimum Gasteiger partial charge on any atom is -0.493 e. The molecule has 0 fully saturated rings. The van der Waals surface area contributed by atoms with E-state index in [1.165, 1.54) is 33.3 Å². The molecule has 3 N–H and O–H groups in total. The number of primary amides is 1. The molecule has 9 heteroatoms. The van der Waals surface area contributed by atoms with Crippen LogP contribution in [-0.2, 0) is 19.4 Å². The first-order chi connectivity index (χ1) is 10.7. The van der Waals surface area contributed by atoms with Gasteiger partial charge in [0.25, 0.3) is 0 Å². The Kier molecular flexibility index (Phi) is 6.38. The first-order valence-corrected chi connectivity index (χ1v) is 8.49. The third kappa shape index (κ3) is 4.85. The summed E-state index contributed by atoms with van der Waals surface area (Å²) < 4.78 is 34.2. The van der Waals surface area contributed by atoms with Crippen molar-refractivity contribution in [1.29, 1.82) is 0 Å². The zero-order chi connectivity index (χ0) is 17.6. The molecule has 2 amide bonds. The van der Waals surface area contributed by atoms with E-state index in [1.54, 1.807) is 6.07 Å². The van der Waals surface area contributed by atoms with Gasteiger partial charge in [0, 0.05) is 11.8 Å². The summed E-state index contributed by atoms with van der Waals surface area (Å²) in [5.41, 5.74) is 5.39. The Morgan fingerprint density at radius 2 is 1.83 bits per heavy atom. The van der Waals surface area contributed by atoms with Gasteiger partial charge >= 0.3 is 0 Å². The van der Waals surface area contributed by atoms with E-state index in [1.807, 2.05) is 0 Å². The standard InChI is InChI=1S/C14H20N2O6S/c1-4-12(14(15)18)23(19,20)8-13(17)16-9-5-6-10(21-2)11(7-9)22-3/h5-7,12H,4,8H2,1-3H3,(H2,15,18)(H,16,17). The van der Waals surface area contributed by atoms with E-state index >= 15 is 0 Å². The Labute approximate surface area is 134 Å². The van der Waals surface area contributed by atoms with Crippen LogP contribution in [-0.4, -0.2) is 45.5 Å². The van der Waals surface area contributed by atoms with Crippen LogP contribution < -0.4 is 20.5 Å². The van der Waals surface area contributed by atoms with Crippen molar-refractivity contribution in [3.05, 3.63) is 18.2 Å².